The van der Waals surface area contributed by atoms with E-state index in [1.54, 1.807) is 11.8 Å². The molecule has 1 aliphatic rings. The Bertz CT molecular complexity index is 993. The van der Waals surface area contributed by atoms with Crippen molar-refractivity contribution in [2.75, 3.05) is 12.8 Å². The van der Waals surface area contributed by atoms with Crippen LogP contribution in [0.4, 0.5) is 0 Å². The summed E-state index contributed by atoms with van der Waals surface area (Å²) < 4.78 is 4.04. The minimum Gasteiger partial charge on any atom is -0.331 e. The van der Waals surface area contributed by atoms with Gasteiger partial charge in [-0.05, 0) is 45.1 Å². The summed E-state index contributed by atoms with van der Waals surface area (Å²) in [6.45, 7) is 4.67. The highest BCUT2D eigenvalue weighted by molar-refractivity contribution is 7.98. The van der Waals surface area contributed by atoms with Gasteiger partial charge < -0.3 is 14.0 Å². The van der Waals surface area contributed by atoms with Gasteiger partial charge in [-0.1, -0.05) is 23.9 Å². The minimum atomic E-state index is -0.314. The first-order valence-electron chi connectivity index (χ1n) is 9.20. The molecule has 0 bridgehead atoms. The molecule has 0 saturated carbocycles. The molecule has 2 aromatic heterocycles. The van der Waals surface area contributed by atoms with Crippen LogP contribution in [0.25, 0.3) is 11.0 Å². The van der Waals surface area contributed by atoms with Gasteiger partial charge in [0.2, 0.25) is 5.91 Å². The number of nitrogens with zero attached hydrogens (tertiary/aromatic N) is 6. The number of imidazole rings is 1. The third kappa shape index (κ3) is 2.92. The molecule has 8 heteroatoms. The van der Waals surface area contributed by atoms with Crippen molar-refractivity contribution in [3.63, 3.8) is 0 Å². The van der Waals surface area contributed by atoms with E-state index in [-0.39, 0.29) is 18.0 Å². The molecule has 0 N–H and O–H groups in total. The number of aromatic nitrogens is 5. The molecular formula is C19H24N6OS. The van der Waals surface area contributed by atoms with Crippen LogP contribution in [0.2, 0.25) is 0 Å². The molecule has 7 nitrogen and oxygen atoms in total. The summed E-state index contributed by atoms with van der Waals surface area (Å²) in [7, 11) is 1.97. The van der Waals surface area contributed by atoms with E-state index in [2.05, 4.69) is 15.2 Å². The number of hydrogen-bond acceptors (Lipinski definition) is 5. The normalized spacial score (nSPS) is 18.4. The van der Waals surface area contributed by atoms with Crippen LogP contribution in [0.15, 0.2) is 29.4 Å². The van der Waals surface area contributed by atoms with Crippen molar-refractivity contribution in [1.82, 2.24) is 29.2 Å². The fourth-order valence-electron chi connectivity index (χ4n) is 4.10. The van der Waals surface area contributed by atoms with Crippen LogP contribution in [0.1, 0.15) is 43.5 Å². The fourth-order valence-corrected chi connectivity index (χ4v) is 4.59. The summed E-state index contributed by atoms with van der Waals surface area (Å²) in [5.74, 6) is 1.83. The molecule has 3 heterocycles. The zero-order valence-corrected chi connectivity index (χ0v) is 16.9. The smallest absolute Gasteiger partial charge is 0.246 e. The Morgan fingerprint density at radius 2 is 2.07 bits per heavy atom. The van der Waals surface area contributed by atoms with Crippen LogP contribution < -0.4 is 0 Å². The van der Waals surface area contributed by atoms with Crippen LogP contribution in [0.5, 0.6) is 0 Å². The van der Waals surface area contributed by atoms with Gasteiger partial charge in [-0.2, -0.15) is 0 Å². The Labute approximate surface area is 162 Å². The molecule has 1 amide bonds. The second-order valence-corrected chi connectivity index (χ2v) is 7.76. The maximum absolute atomic E-state index is 13.4. The van der Waals surface area contributed by atoms with Gasteiger partial charge in [0.1, 0.15) is 11.9 Å². The van der Waals surface area contributed by atoms with Crippen LogP contribution in [-0.4, -0.2) is 47.9 Å². The van der Waals surface area contributed by atoms with Gasteiger partial charge in [0.15, 0.2) is 11.0 Å². The SMILES string of the molecule is CSc1nnc([C@@H]2CCCN2C(=O)[C@H](C)n2c(C)nc3ccccc32)n1C. The Morgan fingerprint density at radius 1 is 1.30 bits per heavy atom. The fraction of sp³-hybridized carbons (Fsp3) is 0.474. The second kappa shape index (κ2) is 6.99. The predicted molar refractivity (Wildman–Crippen MR) is 106 cm³/mol. The number of benzene rings is 1. The highest BCUT2D eigenvalue weighted by Gasteiger charge is 2.36. The van der Waals surface area contributed by atoms with Crippen LogP contribution in [0.3, 0.4) is 0 Å². The Kier molecular flexibility index (Phi) is 4.67. The third-order valence-corrected chi connectivity index (χ3v) is 6.12. The van der Waals surface area contributed by atoms with E-state index in [4.69, 9.17) is 0 Å². The van der Waals surface area contributed by atoms with E-state index in [1.807, 2.05) is 65.5 Å². The Balaban J connectivity index is 1.66. The van der Waals surface area contributed by atoms with Gasteiger partial charge >= 0.3 is 0 Å². The van der Waals surface area contributed by atoms with Gasteiger partial charge in [-0.25, -0.2) is 4.98 Å². The van der Waals surface area contributed by atoms with Crippen molar-refractivity contribution < 1.29 is 4.79 Å². The molecule has 0 spiro atoms. The largest absolute Gasteiger partial charge is 0.331 e. The number of para-hydroxylation sites is 2. The van der Waals surface area contributed by atoms with Crippen molar-refractivity contribution in [2.45, 2.75) is 43.9 Å². The van der Waals surface area contributed by atoms with E-state index in [0.29, 0.717) is 0 Å². The summed E-state index contributed by atoms with van der Waals surface area (Å²) in [5.41, 5.74) is 1.92. The van der Waals surface area contributed by atoms with Crippen molar-refractivity contribution in [3.8, 4) is 0 Å². The number of amides is 1. The molecule has 27 heavy (non-hydrogen) atoms. The highest BCUT2D eigenvalue weighted by Crippen LogP contribution is 2.34. The van der Waals surface area contributed by atoms with E-state index < -0.39 is 0 Å². The lowest BCUT2D eigenvalue weighted by molar-refractivity contribution is -0.135. The lowest BCUT2D eigenvalue weighted by Gasteiger charge is -2.28. The standard InChI is InChI=1S/C19H24N6OS/c1-12(25-13(2)20-14-8-5-6-9-15(14)25)18(26)24-11-7-10-16(24)17-21-22-19(27-4)23(17)3/h5-6,8-9,12,16H,7,10-11H2,1-4H3/t12-,16-/m0/s1. The molecule has 1 saturated heterocycles. The Morgan fingerprint density at radius 3 is 2.81 bits per heavy atom. The minimum absolute atomic E-state index is 0.0200. The zero-order valence-electron chi connectivity index (χ0n) is 16.1. The van der Waals surface area contributed by atoms with Crippen LogP contribution in [-0.2, 0) is 11.8 Å². The summed E-state index contributed by atoms with van der Waals surface area (Å²) in [5, 5.41) is 9.48. The number of likely N-dealkylation sites (tertiary alicyclic amines) is 1. The van der Waals surface area contributed by atoms with Crippen molar-refractivity contribution in [3.05, 3.63) is 35.9 Å². The summed E-state index contributed by atoms with van der Waals surface area (Å²) in [6, 6.07) is 7.63. The lowest BCUT2D eigenvalue weighted by atomic mass is 10.2. The monoisotopic (exact) mass is 384 g/mol. The van der Waals surface area contributed by atoms with Crippen LogP contribution in [0, 0.1) is 6.92 Å². The zero-order chi connectivity index (χ0) is 19.1. The van der Waals surface area contributed by atoms with Crippen molar-refractivity contribution in [1.29, 1.82) is 0 Å². The number of hydrogen-bond donors (Lipinski definition) is 0. The number of carbonyl (C=O) groups excluding carboxylic acids is 1. The number of thioether (sulfide) groups is 1. The van der Waals surface area contributed by atoms with Gasteiger partial charge in [0.05, 0.1) is 17.1 Å². The molecule has 0 radical (unpaired) electrons. The van der Waals surface area contributed by atoms with E-state index in [1.165, 1.54) is 0 Å². The molecule has 1 aliphatic heterocycles. The highest BCUT2D eigenvalue weighted by atomic mass is 32.2. The predicted octanol–water partition coefficient (Wildman–Crippen LogP) is 3.12. The first-order chi connectivity index (χ1) is 13.0. The van der Waals surface area contributed by atoms with Gasteiger partial charge in [0.25, 0.3) is 0 Å². The molecule has 4 rings (SSSR count). The van der Waals surface area contributed by atoms with Crippen molar-refractivity contribution >= 4 is 28.7 Å². The average molecular weight is 385 g/mol. The first kappa shape index (κ1) is 18.0. The van der Waals surface area contributed by atoms with E-state index in [9.17, 15) is 4.79 Å². The summed E-state index contributed by atoms with van der Waals surface area (Å²) in [4.78, 5) is 20.0. The summed E-state index contributed by atoms with van der Waals surface area (Å²) >= 11 is 1.57. The first-order valence-corrected chi connectivity index (χ1v) is 10.4. The van der Waals surface area contributed by atoms with Crippen LogP contribution >= 0.6 is 11.8 Å². The number of rotatable bonds is 4. The Hall–Kier alpha value is -2.35. The molecular weight excluding hydrogens is 360 g/mol. The molecule has 0 aliphatic carbocycles. The molecule has 3 aromatic rings. The molecule has 0 unspecified atom stereocenters. The van der Waals surface area contributed by atoms with Gasteiger partial charge in [0, 0.05) is 13.6 Å². The topological polar surface area (TPSA) is 68.8 Å². The maximum Gasteiger partial charge on any atom is 0.246 e. The van der Waals surface area contributed by atoms with E-state index in [0.717, 1.165) is 47.2 Å². The number of carbonyl (C=O) groups is 1. The molecule has 1 aromatic carbocycles. The molecule has 142 valence electrons. The second-order valence-electron chi connectivity index (χ2n) is 6.99. The number of aryl methyl sites for hydroxylation is 1. The van der Waals surface area contributed by atoms with E-state index >= 15 is 0 Å². The average Bonchev–Trinajstić information content (AvgIpc) is 3.36. The third-order valence-electron chi connectivity index (χ3n) is 5.40. The summed E-state index contributed by atoms with van der Waals surface area (Å²) in [6.07, 6.45) is 3.89. The molecule has 2 atom stereocenters. The van der Waals surface area contributed by atoms with Crippen molar-refractivity contribution in [2.24, 2.45) is 7.05 Å². The maximum atomic E-state index is 13.4. The molecule has 1 fully saturated rings. The van der Waals surface area contributed by atoms with Gasteiger partial charge in [-0.3, -0.25) is 4.79 Å². The lowest BCUT2D eigenvalue weighted by Crippen LogP contribution is -2.37. The van der Waals surface area contributed by atoms with Gasteiger partial charge in [-0.15, -0.1) is 10.2 Å². The quantitative estimate of drug-likeness (QED) is 0.647. The number of fused-ring (bicyclic) bond motifs is 1.